The van der Waals surface area contributed by atoms with Crippen LogP contribution in [-0.2, 0) is 0 Å². The zero-order valence-corrected chi connectivity index (χ0v) is 9.86. The summed E-state index contributed by atoms with van der Waals surface area (Å²) in [5, 5.41) is 9.17. The van der Waals surface area contributed by atoms with Gasteiger partial charge in [0.15, 0.2) is 0 Å². The van der Waals surface area contributed by atoms with E-state index >= 15 is 0 Å². The minimum absolute atomic E-state index is 0.0912. The molecule has 1 atom stereocenters. The van der Waals surface area contributed by atoms with E-state index in [2.05, 4.69) is 16.0 Å². The smallest absolute Gasteiger partial charge is 0.131 e. The molecule has 0 N–H and O–H groups in total. The van der Waals surface area contributed by atoms with E-state index in [1.807, 2.05) is 18.4 Å². The van der Waals surface area contributed by atoms with Crippen LogP contribution in [0.4, 0.5) is 0 Å². The number of nitriles is 1. The SMILES string of the molecule is Cc1nc2cnc(Cl)cc2n1C(C)CC#N. The first-order valence-electron chi connectivity index (χ1n) is 5.00. The molecule has 0 saturated carbocycles. The van der Waals surface area contributed by atoms with Gasteiger partial charge in [0.05, 0.1) is 24.2 Å². The van der Waals surface area contributed by atoms with Gasteiger partial charge in [-0.15, -0.1) is 0 Å². The Kier molecular flexibility index (Phi) is 2.80. The maximum absolute atomic E-state index is 8.73. The van der Waals surface area contributed by atoms with Gasteiger partial charge in [-0.05, 0) is 13.8 Å². The Balaban J connectivity index is 2.63. The monoisotopic (exact) mass is 234 g/mol. The van der Waals surface area contributed by atoms with Crippen molar-refractivity contribution in [3.63, 3.8) is 0 Å². The van der Waals surface area contributed by atoms with E-state index in [1.54, 1.807) is 12.3 Å². The fourth-order valence-electron chi connectivity index (χ4n) is 1.87. The molecule has 16 heavy (non-hydrogen) atoms. The molecular weight excluding hydrogens is 224 g/mol. The first kappa shape index (κ1) is 10.9. The Morgan fingerprint density at radius 3 is 3.06 bits per heavy atom. The lowest BCUT2D eigenvalue weighted by Gasteiger charge is -2.12. The zero-order valence-electron chi connectivity index (χ0n) is 9.11. The van der Waals surface area contributed by atoms with Gasteiger partial charge in [-0.1, -0.05) is 11.6 Å². The molecule has 0 fully saturated rings. The van der Waals surface area contributed by atoms with Crippen molar-refractivity contribution in [3.8, 4) is 6.07 Å². The van der Waals surface area contributed by atoms with E-state index in [0.717, 1.165) is 16.9 Å². The van der Waals surface area contributed by atoms with Crippen LogP contribution >= 0.6 is 11.6 Å². The topological polar surface area (TPSA) is 54.5 Å². The fraction of sp³-hybridized carbons (Fsp3) is 0.364. The van der Waals surface area contributed by atoms with Crippen LogP contribution in [0.15, 0.2) is 12.3 Å². The van der Waals surface area contributed by atoms with Crippen molar-refractivity contribution in [2.45, 2.75) is 26.3 Å². The summed E-state index contributed by atoms with van der Waals surface area (Å²) in [4.78, 5) is 8.38. The van der Waals surface area contributed by atoms with Crippen molar-refractivity contribution in [1.29, 1.82) is 5.26 Å². The Bertz CT molecular complexity index is 567. The molecule has 5 heteroatoms. The average molecular weight is 235 g/mol. The molecule has 0 aliphatic rings. The summed E-state index contributed by atoms with van der Waals surface area (Å²) in [5.74, 6) is 0.877. The zero-order chi connectivity index (χ0) is 11.7. The van der Waals surface area contributed by atoms with E-state index in [1.165, 1.54) is 0 Å². The van der Waals surface area contributed by atoms with Crippen molar-refractivity contribution in [2.24, 2.45) is 0 Å². The fourth-order valence-corrected chi connectivity index (χ4v) is 2.03. The lowest BCUT2D eigenvalue weighted by molar-refractivity contribution is 0.560. The minimum atomic E-state index is 0.0912. The van der Waals surface area contributed by atoms with Crippen molar-refractivity contribution in [1.82, 2.24) is 14.5 Å². The summed E-state index contributed by atoms with van der Waals surface area (Å²) in [5.41, 5.74) is 1.74. The number of aryl methyl sites for hydroxylation is 1. The van der Waals surface area contributed by atoms with Crippen molar-refractivity contribution in [3.05, 3.63) is 23.2 Å². The summed E-state index contributed by atoms with van der Waals surface area (Å²) < 4.78 is 2.02. The number of aromatic nitrogens is 3. The normalized spacial score (nSPS) is 12.6. The molecule has 0 spiro atoms. The molecule has 0 radical (unpaired) electrons. The van der Waals surface area contributed by atoms with Crippen LogP contribution in [0.1, 0.15) is 25.2 Å². The second kappa shape index (κ2) is 4.11. The molecule has 2 heterocycles. The van der Waals surface area contributed by atoms with E-state index in [9.17, 15) is 0 Å². The van der Waals surface area contributed by atoms with Crippen molar-refractivity contribution >= 4 is 22.6 Å². The Morgan fingerprint density at radius 1 is 1.62 bits per heavy atom. The molecule has 0 saturated heterocycles. The maximum atomic E-state index is 8.73. The predicted molar refractivity (Wildman–Crippen MR) is 62.2 cm³/mol. The number of pyridine rings is 1. The van der Waals surface area contributed by atoms with Gasteiger partial charge in [-0.25, -0.2) is 9.97 Å². The standard InChI is InChI=1S/C11H11ClN4/c1-7(3-4-13)16-8(2)15-9-6-14-11(12)5-10(9)16/h5-7H,3H2,1-2H3. The van der Waals surface area contributed by atoms with Gasteiger partial charge >= 0.3 is 0 Å². The molecule has 82 valence electrons. The third kappa shape index (κ3) is 1.74. The van der Waals surface area contributed by atoms with Gasteiger partial charge in [0.1, 0.15) is 16.5 Å². The highest BCUT2D eigenvalue weighted by Gasteiger charge is 2.13. The number of halogens is 1. The van der Waals surface area contributed by atoms with Crippen LogP contribution in [0.2, 0.25) is 5.15 Å². The van der Waals surface area contributed by atoms with Crippen LogP contribution < -0.4 is 0 Å². The lowest BCUT2D eigenvalue weighted by Crippen LogP contribution is -2.06. The van der Waals surface area contributed by atoms with Crippen LogP contribution in [-0.4, -0.2) is 14.5 Å². The molecule has 2 rings (SSSR count). The molecule has 0 aromatic carbocycles. The van der Waals surface area contributed by atoms with E-state index < -0.39 is 0 Å². The summed E-state index contributed by atoms with van der Waals surface area (Å²) in [6.07, 6.45) is 2.10. The molecule has 2 aromatic rings. The third-order valence-corrected chi connectivity index (χ3v) is 2.75. The first-order valence-corrected chi connectivity index (χ1v) is 5.38. The van der Waals surface area contributed by atoms with E-state index in [4.69, 9.17) is 16.9 Å². The molecule has 0 aliphatic heterocycles. The van der Waals surface area contributed by atoms with E-state index in [-0.39, 0.29) is 6.04 Å². The molecule has 2 aromatic heterocycles. The maximum Gasteiger partial charge on any atom is 0.131 e. The first-order chi connectivity index (χ1) is 7.63. The summed E-state index contributed by atoms with van der Waals surface area (Å²) in [6, 6.07) is 4.04. The second-order valence-corrected chi connectivity index (χ2v) is 4.12. The van der Waals surface area contributed by atoms with Gasteiger partial charge in [-0.3, -0.25) is 0 Å². The third-order valence-electron chi connectivity index (χ3n) is 2.55. The van der Waals surface area contributed by atoms with Gasteiger partial charge in [0.25, 0.3) is 0 Å². The van der Waals surface area contributed by atoms with Crippen molar-refractivity contribution < 1.29 is 0 Å². The number of imidazole rings is 1. The van der Waals surface area contributed by atoms with Crippen LogP contribution in [0.25, 0.3) is 11.0 Å². The molecule has 0 aliphatic carbocycles. The Morgan fingerprint density at radius 2 is 2.38 bits per heavy atom. The number of fused-ring (bicyclic) bond motifs is 1. The Labute approximate surface area is 98.5 Å². The highest BCUT2D eigenvalue weighted by atomic mass is 35.5. The number of rotatable bonds is 2. The van der Waals surface area contributed by atoms with Crippen molar-refractivity contribution in [2.75, 3.05) is 0 Å². The Hall–Kier alpha value is -1.60. The van der Waals surface area contributed by atoms with Gasteiger partial charge in [0, 0.05) is 12.1 Å². The summed E-state index contributed by atoms with van der Waals surface area (Å²) in [6.45, 7) is 3.91. The number of hydrogen-bond acceptors (Lipinski definition) is 3. The highest BCUT2D eigenvalue weighted by molar-refractivity contribution is 6.29. The largest absolute Gasteiger partial charge is 0.324 e. The molecule has 0 amide bonds. The van der Waals surface area contributed by atoms with Gasteiger partial charge in [-0.2, -0.15) is 5.26 Å². The second-order valence-electron chi connectivity index (χ2n) is 3.74. The number of hydrogen-bond donors (Lipinski definition) is 0. The summed E-state index contributed by atoms with van der Waals surface area (Å²) in [7, 11) is 0. The van der Waals surface area contributed by atoms with Crippen LogP contribution in [0.3, 0.4) is 0 Å². The van der Waals surface area contributed by atoms with Gasteiger partial charge in [0.2, 0.25) is 0 Å². The van der Waals surface area contributed by atoms with Gasteiger partial charge < -0.3 is 4.57 Å². The molecule has 0 bridgehead atoms. The minimum Gasteiger partial charge on any atom is -0.324 e. The highest BCUT2D eigenvalue weighted by Crippen LogP contribution is 2.23. The molecular formula is C11H11ClN4. The summed E-state index contributed by atoms with van der Waals surface area (Å²) >= 11 is 5.86. The predicted octanol–water partition coefficient (Wildman–Crippen LogP) is 2.87. The molecule has 1 unspecified atom stereocenters. The van der Waals surface area contributed by atoms with E-state index in [0.29, 0.717) is 11.6 Å². The lowest BCUT2D eigenvalue weighted by atomic mass is 10.2. The average Bonchev–Trinajstić information content (AvgIpc) is 2.53. The van der Waals surface area contributed by atoms with Crippen LogP contribution in [0.5, 0.6) is 0 Å². The van der Waals surface area contributed by atoms with Crippen LogP contribution in [0, 0.1) is 18.3 Å². The number of nitrogens with zero attached hydrogens (tertiary/aromatic N) is 4. The molecule has 4 nitrogen and oxygen atoms in total. The quantitative estimate of drug-likeness (QED) is 0.751.